The van der Waals surface area contributed by atoms with Crippen molar-refractivity contribution in [2.75, 3.05) is 49.1 Å². The number of aromatic nitrogens is 4. The fourth-order valence-corrected chi connectivity index (χ4v) is 5.78. The van der Waals surface area contributed by atoms with Crippen LogP contribution in [-0.2, 0) is 0 Å². The van der Waals surface area contributed by atoms with E-state index in [2.05, 4.69) is 96.4 Å². The zero-order valence-corrected chi connectivity index (χ0v) is 22.7. The van der Waals surface area contributed by atoms with Gasteiger partial charge in [-0.15, -0.1) is 0 Å². The van der Waals surface area contributed by atoms with Crippen molar-refractivity contribution >= 4 is 22.8 Å². The molecule has 0 unspecified atom stereocenters. The summed E-state index contributed by atoms with van der Waals surface area (Å²) in [4.78, 5) is 16.4. The first-order chi connectivity index (χ1) is 19.3. The van der Waals surface area contributed by atoms with Gasteiger partial charge in [0.15, 0.2) is 5.65 Å². The topological polar surface area (TPSA) is 54.5 Å². The summed E-state index contributed by atoms with van der Waals surface area (Å²) in [6.45, 7) is 9.91. The van der Waals surface area contributed by atoms with Crippen LogP contribution in [0.3, 0.4) is 0 Å². The smallest absolute Gasteiger partial charge is 0.229 e. The quantitative estimate of drug-likeness (QED) is 0.334. The summed E-state index contributed by atoms with van der Waals surface area (Å²) in [6, 6.07) is 32.4. The molecule has 7 heteroatoms. The molecule has 1 N–H and O–H groups in total. The van der Waals surface area contributed by atoms with E-state index in [4.69, 9.17) is 15.1 Å². The predicted octanol–water partition coefficient (Wildman–Crippen LogP) is 4.16. The Hall–Kier alpha value is -4.23. The second-order valence-corrected chi connectivity index (χ2v) is 10.0. The number of nitrogens with one attached hydrogen (secondary N) is 1. The molecular formula is C32H36N7+. The molecule has 0 radical (unpaired) electrons. The minimum absolute atomic E-state index is 0.312. The van der Waals surface area contributed by atoms with E-state index < -0.39 is 0 Å². The molecule has 1 aliphatic heterocycles. The number of benzene rings is 3. The molecule has 0 amide bonds. The van der Waals surface area contributed by atoms with Crippen molar-refractivity contribution in [3.8, 4) is 5.69 Å². The van der Waals surface area contributed by atoms with Gasteiger partial charge in [-0.3, -0.25) is 0 Å². The number of rotatable bonds is 8. The van der Waals surface area contributed by atoms with Crippen molar-refractivity contribution in [3.63, 3.8) is 0 Å². The van der Waals surface area contributed by atoms with Gasteiger partial charge in [0, 0.05) is 24.2 Å². The fraction of sp³-hybridized carbons (Fsp3) is 0.281. The van der Waals surface area contributed by atoms with Gasteiger partial charge in [0.25, 0.3) is 0 Å². The van der Waals surface area contributed by atoms with Crippen LogP contribution >= 0.6 is 0 Å². The highest BCUT2D eigenvalue weighted by Crippen LogP contribution is 2.29. The molecule has 1 aliphatic rings. The maximum Gasteiger partial charge on any atom is 0.229 e. The van der Waals surface area contributed by atoms with Gasteiger partial charge in [0.2, 0.25) is 5.95 Å². The Kier molecular flexibility index (Phi) is 7.23. The molecule has 0 spiro atoms. The lowest BCUT2D eigenvalue weighted by molar-refractivity contribution is -0.926. The Labute approximate surface area is 230 Å². The van der Waals surface area contributed by atoms with Gasteiger partial charge in [0.05, 0.1) is 43.4 Å². The third-order valence-electron chi connectivity index (χ3n) is 7.82. The normalized spacial score (nSPS) is 14.3. The average molecular weight is 519 g/mol. The molecule has 7 nitrogen and oxygen atoms in total. The number of fused-ring (bicyclic) bond motifs is 1. The summed E-state index contributed by atoms with van der Waals surface area (Å²) in [6.07, 6.45) is 1.93. The highest BCUT2D eigenvalue weighted by atomic mass is 15.4. The molecule has 0 atom stereocenters. The number of quaternary nitrogens is 1. The maximum atomic E-state index is 5.14. The molecule has 0 bridgehead atoms. The molecule has 1 fully saturated rings. The SMILES string of the molecule is CCN(CC)c1nc(N2CC[NH+](C(c3ccccc3)c3ccccc3)CC2)c2cnn(-c3ccccc3)c2n1. The van der Waals surface area contributed by atoms with Crippen LogP contribution in [0.2, 0.25) is 0 Å². The van der Waals surface area contributed by atoms with E-state index >= 15 is 0 Å². The van der Waals surface area contributed by atoms with Crippen LogP contribution in [0.4, 0.5) is 11.8 Å². The third-order valence-corrected chi connectivity index (χ3v) is 7.82. The molecular weight excluding hydrogens is 482 g/mol. The number of nitrogens with zero attached hydrogens (tertiary/aromatic N) is 6. The molecule has 3 heterocycles. The first kappa shape index (κ1) is 25.1. The molecule has 0 aliphatic carbocycles. The van der Waals surface area contributed by atoms with Crippen molar-refractivity contribution in [2.45, 2.75) is 19.9 Å². The van der Waals surface area contributed by atoms with Gasteiger partial charge in [0.1, 0.15) is 11.9 Å². The summed E-state index contributed by atoms with van der Waals surface area (Å²) in [5, 5.41) is 5.76. The Morgan fingerprint density at radius 3 is 1.90 bits per heavy atom. The summed E-state index contributed by atoms with van der Waals surface area (Å²) in [5.74, 6) is 1.75. The molecule has 5 aromatic rings. The van der Waals surface area contributed by atoms with Crippen LogP contribution in [0.5, 0.6) is 0 Å². The minimum atomic E-state index is 0.312. The summed E-state index contributed by atoms with van der Waals surface area (Å²) in [7, 11) is 0. The van der Waals surface area contributed by atoms with Crippen molar-refractivity contribution in [2.24, 2.45) is 0 Å². The number of hydrogen-bond acceptors (Lipinski definition) is 5. The Morgan fingerprint density at radius 2 is 1.33 bits per heavy atom. The monoisotopic (exact) mass is 518 g/mol. The summed E-state index contributed by atoms with van der Waals surface area (Å²) in [5.41, 5.74) is 4.59. The lowest BCUT2D eigenvalue weighted by Crippen LogP contribution is -3.15. The molecule has 2 aromatic heterocycles. The molecule has 0 saturated carbocycles. The molecule has 198 valence electrons. The lowest BCUT2D eigenvalue weighted by atomic mass is 9.96. The lowest BCUT2D eigenvalue weighted by Gasteiger charge is -2.37. The van der Waals surface area contributed by atoms with Gasteiger partial charge in [-0.25, -0.2) is 4.68 Å². The van der Waals surface area contributed by atoms with Crippen LogP contribution in [0.15, 0.2) is 97.2 Å². The zero-order chi connectivity index (χ0) is 26.6. The summed E-state index contributed by atoms with van der Waals surface area (Å²) >= 11 is 0. The highest BCUT2D eigenvalue weighted by molar-refractivity contribution is 5.89. The molecule has 3 aromatic carbocycles. The zero-order valence-electron chi connectivity index (χ0n) is 22.7. The summed E-state index contributed by atoms with van der Waals surface area (Å²) < 4.78 is 1.94. The Morgan fingerprint density at radius 1 is 0.769 bits per heavy atom. The van der Waals surface area contributed by atoms with Gasteiger partial charge in [-0.05, 0) is 26.0 Å². The molecule has 1 saturated heterocycles. The molecule has 39 heavy (non-hydrogen) atoms. The highest BCUT2D eigenvalue weighted by Gasteiger charge is 2.31. The van der Waals surface area contributed by atoms with E-state index in [0.29, 0.717) is 6.04 Å². The first-order valence-corrected chi connectivity index (χ1v) is 14.0. The van der Waals surface area contributed by atoms with Crippen molar-refractivity contribution in [1.29, 1.82) is 0 Å². The predicted molar refractivity (Wildman–Crippen MR) is 158 cm³/mol. The second kappa shape index (κ2) is 11.3. The maximum absolute atomic E-state index is 5.14. The van der Waals surface area contributed by atoms with E-state index in [1.165, 1.54) is 11.1 Å². The van der Waals surface area contributed by atoms with Crippen LogP contribution < -0.4 is 14.7 Å². The van der Waals surface area contributed by atoms with Crippen LogP contribution in [0.25, 0.3) is 16.7 Å². The standard InChI is InChI=1S/C32H35N7/c1-3-36(4-2)32-34-30(28-24-33-39(31(28)35-32)27-18-12-7-13-19-27)38-22-20-37(21-23-38)29(25-14-8-5-9-15-25)26-16-10-6-11-17-26/h5-19,24,29H,3-4,20-23H2,1-2H3/p+1. The second-order valence-electron chi connectivity index (χ2n) is 10.0. The Bertz CT molecular complexity index is 1450. The van der Waals surface area contributed by atoms with Gasteiger partial charge >= 0.3 is 0 Å². The van der Waals surface area contributed by atoms with E-state index in [9.17, 15) is 0 Å². The van der Waals surface area contributed by atoms with Crippen molar-refractivity contribution in [3.05, 3.63) is 108 Å². The largest absolute Gasteiger partial charge is 0.345 e. The van der Waals surface area contributed by atoms with Gasteiger partial charge in [-0.1, -0.05) is 78.9 Å². The van der Waals surface area contributed by atoms with Gasteiger partial charge < -0.3 is 14.7 Å². The Balaban J connectivity index is 1.34. The van der Waals surface area contributed by atoms with Crippen LogP contribution in [0.1, 0.15) is 31.0 Å². The number of piperazine rings is 1. The van der Waals surface area contributed by atoms with Crippen LogP contribution in [-0.4, -0.2) is 59.0 Å². The van der Waals surface area contributed by atoms with Crippen molar-refractivity contribution < 1.29 is 4.90 Å². The van der Waals surface area contributed by atoms with E-state index in [-0.39, 0.29) is 0 Å². The van der Waals surface area contributed by atoms with E-state index in [1.807, 2.05) is 29.1 Å². The van der Waals surface area contributed by atoms with E-state index in [1.54, 1.807) is 4.90 Å². The average Bonchev–Trinajstić information content (AvgIpc) is 3.44. The first-order valence-electron chi connectivity index (χ1n) is 14.0. The third kappa shape index (κ3) is 4.98. The van der Waals surface area contributed by atoms with E-state index in [0.717, 1.165) is 67.8 Å². The van der Waals surface area contributed by atoms with Crippen LogP contribution in [0, 0.1) is 0 Å². The minimum Gasteiger partial charge on any atom is -0.345 e. The number of para-hydroxylation sites is 1. The van der Waals surface area contributed by atoms with Crippen molar-refractivity contribution in [1.82, 2.24) is 19.7 Å². The molecule has 6 rings (SSSR count). The fourth-order valence-electron chi connectivity index (χ4n) is 5.78. The number of hydrogen-bond donors (Lipinski definition) is 1. The number of anilines is 2. The van der Waals surface area contributed by atoms with Gasteiger partial charge in [-0.2, -0.15) is 15.1 Å².